The van der Waals surface area contributed by atoms with Crippen LogP contribution in [-0.2, 0) is 9.59 Å². The lowest BCUT2D eigenvalue weighted by molar-refractivity contribution is -0.123. The van der Waals surface area contributed by atoms with Crippen molar-refractivity contribution in [2.75, 3.05) is 5.01 Å². The molecule has 0 unspecified atom stereocenters. The van der Waals surface area contributed by atoms with Crippen molar-refractivity contribution in [1.29, 1.82) is 5.26 Å². The van der Waals surface area contributed by atoms with E-state index in [1.54, 1.807) is 31.2 Å². The van der Waals surface area contributed by atoms with Gasteiger partial charge in [-0.15, -0.1) is 11.3 Å². The van der Waals surface area contributed by atoms with Crippen molar-refractivity contribution in [1.82, 2.24) is 4.98 Å². The molecule has 1 aromatic heterocycles. The molecule has 8 heteroatoms. The molecule has 0 saturated heterocycles. The Labute approximate surface area is 189 Å². The average molecular weight is 444 g/mol. The van der Waals surface area contributed by atoms with Crippen molar-refractivity contribution in [3.63, 3.8) is 0 Å². The quantitative estimate of drug-likeness (QED) is 0.623. The van der Waals surface area contributed by atoms with Gasteiger partial charge in [0.15, 0.2) is 0 Å². The molecule has 4 rings (SSSR count). The Bertz CT molecular complexity index is 1230. The highest BCUT2D eigenvalue weighted by molar-refractivity contribution is 7.14. The minimum Gasteiger partial charge on any atom is -0.369 e. The number of nitrogens with two attached hydrogens (primary N) is 1. The van der Waals surface area contributed by atoms with Crippen LogP contribution in [0.4, 0.5) is 5.13 Å². The van der Waals surface area contributed by atoms with Gasteiger partial charge in [0.25, 0.3) is 5.91 Å². The number of rotatable bonds is 6. The highest BCUT2D eigenvalue weighted by atomic mass is 32.1. The minimum atomic E-state index is -1.17. The van der Waals surface area contributed by atoms with Crippen molar-refractivity contribution in [2.45, 2.75) is 19.8 Å². The maximum absolute atomic E-state index is 13.5. The van der Waals surface area contributed by atoms with Gasteiger partial charge >= 0.3 is 0 Å². The topological polar surface area (TPSA) is 112 Å². The van der Waals surface area contributed by atoms with Crippen LogP contribution >= 0.6 is 11.3 Å². The summed E-state index contributed by atoms with van der Waals surface area (Å²) in [6.07, 6.45) is 0. The number of carbonyl (C=O) groups excluding carboxylic acids is 2. The first-order chi connectivity index (χ1) is 15.4. The third-order valence-electron chi connectivity index (χ3n) is 5.55. The van der Waals surface area contributed by atoms with Crippen molar-refractivity contribution < 1.29 is 9.59 Å². The van der Waals surface area contributed by atoms with Gasteiger partial charge in [-0.2, -0.15) is 15.4 Å². The molecule has 3 aromatic rings. The molecule has 0 fully saturated rings. The van der Waals surface area contributed by atoms with Gasteiger partial charge in [-0.25, -0.2) is 4.98 Å². The van der Waals surface area contributed by atoms with E-state index in [1.165, 1.54) is 16.3 Å². The zero-order valence-electron chi connectivity index (χ0n) is 17.6. The molecule has 2 aromatic carbocycles. The molecule has 0 bridgehead atoms. The second-order valence-electron chi connectivity index (χ2n) is 7.70. The number of hydrogen-bond donors (Lipinski definition) is 1. The molecule has 2 amide bonds. The van der Waals surface area contributed by atoms with E-state index >= 15 is 0 Å². The van der Waals surface area contributed by atoms with Gasteiger partial charge in [-0.1, -0.05) is 60.2 Å². The van der Waals surface area contributed by atoms with Crippen LogP contribution in [0.1, 0.15) is 24.0 Å². The Hall–Kier alpha value is -3.83. The first-order valence-electron chi connectivity index (χ1n) is 10.1. The molecule has 2 heterocycles. The third-order valence-corrected chi connectivity index (χ3v) is 6.37. The van der Waals surface area contributed by atoms with Crippen LogP contribution in [0.25, 0.3) is 11.3 Å². The standard InChI is InChI=1S/C24H21N5O2S/c1-14-8-10-16(11-9-14)19-13-32-24(27-19)29-23(31)20(15(2)28-29)21(18(12-25)22(26)30)17-6-4-3-5-7-17/h3-11,13,18,20-21H,1-2H3,(H2,26,30)/t18-,20+,21+/m1/s1. The predicted octanol–water partition coefficient (Wildman–Crippen LogP) is 3.87. The number of nitriles is 1. The number of anilines is 1. The molecule has 1 aliphatic rings. The van der Waals surface area contributed by atoms with E-state index in [0.29, 0.717) is 16.4 Å². The summed E-state index contributed by atoms with van der Waals surface area (Å²) in [4.78, 5) is 30.2. The number of nitrogens with zero attached hydrogens (tertiary/aromatic N) is 4. The number of amides is 2. The highest BCUT2D eigenvalue weighted by Crippen LogP contribution is 2.39. The summed E-state index contributed by atoms with van der Waals surface area (Å²) in [5, 5.41) is 17.7. The molecule has 0 saturated carbocycles. The summed E-state index contributed by atoms with van der Waals surface area (Å²) in [5.41, 5.74) is 9.58. The summed E-state index contributed by atoms with van der Waals surface area (Å²) in [5.74, 6) is -3.80. The first kappa shape index (κ1) is 21.4. The molecular formula is C24H21N5O2S. The number of hydrazone groups is 1. The predicted molar refractivity (Wildman–Crippen MR) is 124 cm³/mol. The molecule has 7 nitrogen and oxygen atoms in total. The summed E-state index contributed by atoms with van der Waals surface area (Å²) < 4.78 is 0. The highest BCUT2D eigenvalue weighted by Gasteiger charge is 2.46. The summed E-state index contributed by atoms with van der Waals surface area (Å²) in [7, 11) is 0. The average Bonchev–Trinajstić information content (AvgIpc) is 3.38. The number of aryl methyl sites for hydroxylation is 1. The molecule has 160 valence electrons. The lowest BCUT2D eigenvalue weighted by Gasteiger charge is -2.25. The van der Waals surface area contributed by atoms with Crippen molar-refractivity contribution >= 4 is 34.0 Å². The van der Waals surface area contributed by atoms with Gasteiger partial charge in [0.05, 0.1) is 17.7 Å². The molecule has 3 atom stereocenters. The fraction of sp³-hybridized carbons (Fsp3) is 0.208. The number of benzene rings is 2. The van der Waals surface area contributed by atoms with E-state index in [0.717, 1.165) is 16.8 Å². The lowest BCUT2D eigenvalue weighted by atomic mass is 9.75. The van der Waals surface area contributed by atoms with E-state index in [4.69, 9.17) is 5.73 Å². The van der Waals surface area contributed by atoms with Gasteiger partial charge in [0, 0.05) is 22.6 Å². The van der Waals surface area contributed by atoms with Gasteiger partial charge in [-0.05, 0) is 19.4 Å². The summed E-state index contributed by atoms with van der Waals surface area (Å²) in [6, 6.07) is 19.0. The number of primary amides is 1. The maximum Gasteiger partial charge on any atom is 0.259 e. The minimum absolute atomic E-state index is 0.331. The first-order valence-corrected chi connectivity index (χ1v) is 10.9. The summed E-state index contributed by atoms with van der Waals surface area (Å²) in [6.45, 7) is 3.74. The van der Waals surface area contributed by atoms with E-state index in [-0.39, 0.29) is 5.91 Å². The Kier molecular flexibility index (Phi) is 5.84. The van der Waals surface area contributed by atoms with E-state index in [1.807, 2.05) is 48.7 Å². The van der Waals surface area contributed by atoms with Crippen LogP contribution < -0.4 is 10.7 Å². The lowest BCUT2D eigenvalue weighted by Crippen LogP contribution is -2.38. The molecule has 32 heavy (non-hydrogen) atoms. The second-order valence-corrected chi connectivity index (χ2v) is 8.53. The van der Waals surface area contributed by atoms with Crippen LogP contribution in [0.5, 0.6) is 0 Å². The molecule has 0 radical (unpaired) electrons. The molecule has 0 spiro atoms. The maximum atomic E-state index is 13.5. The van der Waals surface area contributed by atoms with Crippen LogP contribution in [0.15, 0.2) is 65.1 Å². The number of thiazole rings is 1. The third kappa shape index (κ3) is 3.90. The van der Waals surface area contributed by atoms with Gasteiger partial charge in [0.1, 0.15) is 5.92 Å². The van der Waals surface area contributed by atoms with Crippen LogP contribution in [0.3, 0.4) is 0 Å². The van der Waals surface area contributed by atoms with Crippen LogP contribution in [0.2, 0.25) is 0 Å². The van der Waals surface area contributed by atoms with Gasteiger partial charge in [0.2, 0.25) is 11.0 Å². The molecular weight excluding hydrogens is 422 g/mol. The van der Waals surface area contributed by atoms with Crippen LogP contribution in [0, 0.1) is 30.1 Å². The Morgan fingerprint density at radius 3 is 2.47 bits per heavy atom. The monoisotopic (exact) mass is 443 g/mol. The Balaban J connectivity index is 1.69. The molecule has 0 aliphatic carbocycles. The number of carbonyl (C=O) groups is 2. The Morgan fingerprint density at radius 2 is 1.84 bits per heavy atom. The zero-order valence-corrected chi connectivity index (χ0v) is 18.4. The second kappa shape index (κ2) is 8.73. The van der Waals surface area contributed by atoms with E-state index < -0.39 is 23.7 Å². The fourth-order valence-corrected chi connectivity index (χ4v) is 4.71. The normalized spacial score (nSPS) is 17.5. The van der Waals surface area contributed by atoms with Crippen molar-refractivity contribution in [3.05, 3.63) is 71.1 Å². The van der Waals surface area contributed by atoms with Crippen LogP contribution in [-0.4, -0.2) is 22.5 Å². The van der Waals surface area contributed by atoms with Gasteiger partial charge in [-0.3, -0.25) is 9.59 Å². The van der Waals surface area contributed by atoms with Gasteiger partial charge < -0.3 is 5.73 Å². The van der Waals surface area contributed by atoms with Crippen molar-refractivity contribution in [2.24, 2.45) is 22.7 Å². The van der Waals surface area contributed by atoms with Crippen molar-refractivity contribution in [3.8, 4) is 17.3 Å². The SMILES string of the molecule is CC1=NN(c2nc(-c3ccc(C)cc3)cs2)C(=O)[C@@H]1[C@@H](c1ccccc1)[C@@H](C#N)C(N)=O. The largest absolute Gasteiger partial charge is 0.369 e. The van der Waals surface area contributed by atoms with E-state index in [2.05, 4.69) is 10.1 Å². The molecule has 1 aliphatic heterocycles. The number of aromatic nitrogens is 1. The van der Waals surface area contributed by atoms with E-state index in [9.17, 15) is 14.9 Å². The summed E-state index contributed by atoms with van der Waals surface area (Å²) >= 11 is 1.31. The Morgan fingerprint density at radius 1 is 1.16 bits per heavy atom. The number of hydrogen-bond acceptors (Lipinski definition) is 6. The smallest absolute Gasteiger partial charge is 0.259 e. The zero-order chi connectivity index (χ0) is 22.8. The molecule has 2 N–H and O–H groups in total. The fourth-order valence-electron chi connectivity index (χ4n) is 3.92.